The molecule has 5 rings (SSSR count). The smallest absolute Gasteiger partial charge is 0.189 e. The van der Waals surface area contributed by atoms with E-state index in [1.807, 2.05) is 6.07 Å². The molecule has 29 heavy (non-hydrogen) atoms. The minimum Gasteiger partial charge on any atom is -0.507 e. The lowest BCUT2D eigenvalue weighted by Gasteiger charge is -2.50. The Kier molecular flexibility index (Phi) is 4.43. The first-order valence-electron chi connectivity index (χ1n) is 10.8. The average Bonchev–Trinajstić information content (AvgIpc) is 3.33. The molecule has 2 aromatic rings. The highest BCUT2D eigenvalue weighted by molar-refractivity contribution is 6.08. The van der Waals surface area contributed by atoms with Crippen molar-refractivity contribution in [1.29, 1.82) is 0 Å². The molecule has 0 spiro atoms. The van der Waals surface area contributed by atoms with Gasteiger partial charge in [0, 0.05) is 0 Å². The van der Waals surface area contributed by atoms with Crippen molar-refractivity contribution in [1.82, 2.24) is 0 Å². The minimum atomic E-state index is -0.208. The quantitative estimate of drug-likeness (QED) is 0.563. The van der Waals surface area contributed by atoms with Crippen molar-refractivity contribution >= 4 is 11.9 Å². The maximum absolute atomic E-state index is 12.8. The molecule has 4 nitrogen and oxygen atoms in total. The number of fused-ring (bicyclic) bond motifs is 5. The van der Waals surface area contributed by atoms with Crippen LogP contribution in [0.3, 0.4) is 0 Å². The Morgan fingerprint density at radius 3 is 2.90 bits per heavy atom. The fourth-order valence-corrected chi connectivity index (χ4v) is 6.41. The number of carbonyl (C=O) groups excluding carboxylic acids is 1. The Labute approximate surface area is 171 Å². The normalized spacial score (nSPS) is 33.3. The second-order valence-corrected chi connectivity index (χ2v) is 9.33. The molecule has 0 radical (unpaired) electrons. The molecule has 2 N–H and O–H groups in total. The Morgan fingerprint density at radius 2 is 2.10 bits per heavy atom. The zero-order valence-electron chi connectivity index (χ0n) is 16.8. The minimum absolute atomic E-state index is 0.0417. The first kappa shape index (κ1) is 18.7. The van der Waals surface area contributed by atoms with Gasteiger partial charge in [0.15, 0.2) is 5.78 Å². The fourth-order valence-electron chi connectivity index (χ4n) is 6.41. The van der Waals surface area contributed by atoms with E-state index in [2.05, 4.69) is 6.92 Å². The lowest BCUT2D eigenvalue weighted by atomic mass is 9.55. The molecule has 2 saturated carbocycles. The van der Waals surface area contributed by atoms with Gasteiger partial charge in [-0.05, 0) is 109 Å². The number of phenolic OH excluding ortho intramolecular Hbond substituents is 1. The van der Waals surface area contributed by atoms with Crippen LogP contribution in [-0.4, -0.2) is 22.1 Å². The monoisotopic (exact) mass is 392 g/mol. The third-order valence-electron chi connectivity index (χ3n) is 8.00. The second kappa shape index (κ2) is 6.88. The van der Waals surface area contributed by atoms with Crippen LogP contribution in [0.5, 0.6) is 5.75 Å². The van der Waals surface area contributed by atoms with Crippen LogP contribution >= 0.6 is 0 Å². The van der Waals surface area contributed by atoms with Gasteiger partial charge in [-0.15, -0.1) is 0 Å². The first-order valence-corrected chi connectivity index (χ1v) is 10.8. The van der Waals surface area contributed by atoms with Gasteiger partial charge in [0.05, 0.1) is 17.9 Å². The van der Waals surface area contributed by atoms with E-state index in [9.17, 15) is 15.0 Å². The number of ketones is 1. The predicted octanol–water partition coefficient (Wildman–Crippen LogP) is 5.10. The molecule has 3 aliphatic carbocycles. The van der Waals surface area contributed by atoms with Gasteiger partial charge in [-0.25, -0.2) is 0 Å². The first-order chi connectivity index (χ1) is 14.0. The highest BCUT2D eigenvalue weighted by Crippen LogP contribution is 2.61. The van der Waals surface area contributed by atoms with Gasteiger partial charge in [0.1, 0.15) is 11.5 Å². The van der Waals surface area contributed by atoms with Crippen LogP contribution in [0.15, 0.2) is 41.0 Å². The molecule has 1 aromatic carbocycles. The molecule has 4 heteroatoms. The van der Waals surface area contributed by atoms with E-state index in [1.165, 1.54) is 17.2 Å². The van der Waals surface area contributed by atoms with Crippen molar-refractivity contribution in [2.45, 2.75) is 57.5 Å². The molecule has 152 valence electrons. The number of aryl methyl sites for hydroxylation is 1. The van der Waals surface area contributed by atoms with Crippen LogP contribution in [0.25, 0.3) is 6.08 Å². The molecule has 0 saturated heterocycles. The lowest BCUT2D eigenvalue weighted by Crippen LogP contribution is -2.43. The van der Waals surface area contributed by atoms with Crippen LogP contribution < -0.4 is 0 Å². The number of aliphatic hydroxyl groups is 1. The highest BCUT2D eigenvalue weighted by atomic mass is 16.3. The molecule has 0 unspecified atom stereocenters. The number of hydrogen-bond donors (Lipinski definition) is 2. The molecule has 1 heterocycles. The molecule has 0 aliphatic heterocycles. The molecular formula is C25H28O4. The van der Waals surface area contributed by atoms with Crippen molar-refractivity contribution in [2.24, 2.45) is 17.3 Å². The molecule has 0 bridgehead atoms. The molecule has 5 atom stereocenters. The van der Waals surface area contributed by atoms with Gasteiger partial charge in [0.25, 0.3) is 0 Å². The van der Waals surface area contributed by atoms with Crippen molar-refractivity contribution in [3.63, 3.8) is 0 Å². The van der Waals surface area contributed by atoms with Crippen LogP contribution in [0.1, 0.15) is 72.2 Å². The average molecular weight is 392 g/mol. The number of carbonyl (C=O) groups is 1. The zero-order chi connectivity index (χ0) is 20.2. The van der Waals surface area contributed by atoms with Gasteiger partial charge in [0.2, 0.25) is 0 Å². The third kappa shape index (κ3) is 2.96. The molecule has 3 aliphatic rings. The maximum Gasteiger partial charge on any atom is 0.189 e. The number of furan rings is 1. The topological polar surface area (TPSA) is 70.7 Å². The number of phenols is 1. The summed E-state index contributed by atoms with van der Waals surface area (Å²) in [5, 5.41) is 21.1. The van der Waals surface area contributed by atoms with E-state index in [0.717, 1.165) is 38.5 Å². The number of aliphatic hydroxyl groups excluding tert-OH is 1. The number of allylic oxidation sites excluding steroid dienone is 1. The van der Waals surface area contributed by atoms with E-state index in [1.54, 1.807) is 30.5 Å². The SMILES string of the molecule is C[C@]12CC[C@@H]3c4cc(C(=O)/C=C/c5ccco5)c(O)cc4CC[C@H]3[C@@H]1CC[C@@H]2O. The molecular weight excluding hydrogens is 364 g/mol. The standard InChI is InChI=1S/C25H28O4/c1-25-11-10-17-18(21(25)7-9-24(25)28)6-4-15-13-23(27)20(14-19(15)17)22(26)8-5-16-3-2-12-29-16/h2-3,5,8,12-14,17-18,21,24,27-28H,4,6-7,9-11H2,1H3/b8-5+/t17-,18+,21-,24-,25-/m0/s1. The number of aromatic hydroxyl groups is 1. The summed E-state index contributed by atoms with van der Waals surface area (Å²) in [6.07, 6.45) is 10.6. The van der Waals surface area contributed by atoms with Gasteiger partial charge >= 0.3 is 0 Å². The van der Waals surface area contributed by atoms with Crippen molar-refractivity contribution in [3.8, 4) is 5.75 Å². The van der Waals surface area contributed by atoms with Crippen molar-refractivity contribution in [3.05, 3.63) is 59.1 Å². The van der Waals surface area contributed by atoms with Crippen LogP contribution in [0.2, 0.25) is 0 Å². The fraction of sp³-hybridized carbons (Fsp3) is 0.480. The summed E-state index contributed by atoms with van der Waals surface area (Å²) in [4.78, 5) is 12.8. The molecule has 0 amide bonds. The summed E-state index contributed by atoms with van der Waals surface area (Å²) in [5.74, 6) is 2.00. The van der Waals surface area contributed by atoms with Crippen LogP contribution in [0, 0.1) is 17.3 Å². The summed E-state index contributed by atoms with van der Waals surface area (Å²) in [5.41, 5.74) is 2.82. The summed E-state index contributed by atoms with van der Waals surface area (Å²) in [6, 6.07) is 7.30. The molecule has 1 aromatic heterocycles. The Hall–Kier alpha value is -2.33. The van der Waals surface area contributed by atoms with E-state index < -0.39 is 0 Å². The number of benzene rings is 1. The maximum atomic E-state index is 12.8. The Balaban J connectivity index is 1.46. The predicted molar refractivity (Wildman–Crippen MR) is 111 cm³/mol. The Bertz CT molecular complexity index is 957. The summed E-state index contributed by atoms with van der Waals surface area (Å²) < 4.78 is 5.25. The van der Waals surface area contributed by atoms with Crippen molar-refractivity contribution in [2.75, 3.05) is 0 Å². The highest BCUT2D eigenvalue weighted by Gasteiger charge is 2.54. The van der Waals surface area contributed by atoms with E-state index in [4.69, 9.17) is 4.42 Å². The van der Waals surface area contributed by atoms with E-state index >= 15 is 0 Å². The second-order valence-electron chi connectivity index (χ2n) is 9.33. The van der Waals surface area contributed by atoms with Crippen LogP contribution in [-0.2, 0) is 6.42 Å². The van der Waals surface area contributed by atoms with Gasteiger partial charge in [-0.2, -0.15) is 0 Å². The summed E-state index contributed by atoms with van der Waals surface area (Å²) >= 11 is 0. The summed E-state index contributed by atoms with van der Waals surface area (Å²) in [6.45, 7) is 2.27. The van der Waals surface area contributed by atoms with E-state index in [-0.39, 0.29) is 23.1 Å². The lowest BCUT2D eigenvalue weighted by molar-refractivity contribution is -0.0226. The van der Waals surface area contributed by atoms with E-state index in [0.29, 0.717) is 29.1 Å². The third-order valence-corrected chi connectivity index (χ3v) is 8.00. The largest absolute Gasteiger partial charge is 0.507 e. The Morgan fingerprint density at radius 1 is 1.24 bits per heavy atom. The van der Waals surface area contributed by atoms with Crippen LogP contribution in [0.4, 0.5) is 0 Å². The number of rotatable bonds is 3. The van der Waals surface area contributed by atoms with Crippen molar-refractivity contribution < 1.29 is 19.4 Å². The zero-order valence-corrected chi connectivity index (χ0v) is 16.8. The molecule has 2 fully saturated rings. The van der Waals surface area contributed by atoms with Gasteiger partial charge in [-0.1, -0.05) is 6.92 Å². The number of hydrogen-bond acceptors (Lipinski definition) is 4. The van der Waals surface area contributed by atoms with Gasteiger partial charge in [-0.3, -0.25) is 4.79 Å². The summed E-state index contributed by atoms with van der Waals surface area (Å²) in [7, 11) is 0. The van der Waals surface area contributed by atoms with Gasteiger partial charge < -0.3 is 14.6 Å².